The van der Waals surface area contributed by atoms with Crippen molar-refractivity contribution >= 4 is 24.5 Å². The van der Waals surface area contributed by atoms with Crippen LogP contribution >= 0.6 is 12.6 Å². The summed E-state index contributed by atoms with van der Waals surface area (Å²) in [5.41, 5.74) is 1.72. The van der Waals surface area contributed by atoms with Crippen molar-refractivity contribution < 1.29 is 19.8 Å². The van der Waals surface area contributed by atoms with Gasteiger partial charge in [-0.05, 0) is 29.7 Å². The van der Waals surface area contributed by atoms with Gasteiger partial charge in [0.1, 0.15) is 11.8 Å². The molecular formula is C19H21NO4S. The van der Waals surface area contributed by atoms with Gasteiger partial charge in [-0.2, -0.15) is 12.6 Å². The quantitative estimate of drug-likeness (QED) is 0.545. The first-order valence-electron chi connectivity index (χ1n) is 7.95. The highest BCUT2D eigenvalue weighted by atomic mass is 32.1. The van der Waals surface area contributed by atoms with Crippen LogP contribution < -0.4 is 5.32 Å². The molecule has 2 aromatic rings. The number of carboxylic acid groups (broad SMARTS) is 1. The summed E-state index contributed by atoms with van der Waals surface area (Å²) < 4.78 is 0. The largest absolute Gasteiger partial charge is 0.508 e. The van der Waals surface area contributed by atoms with Crippen molar-refractivity contribution in [1.82, 2.24) is 5.32 Å². The van der Waals surface area contributed by atoms with E-state index in [0.29, 0.717) is 12.2 Å². The summed E-state index contributed by atoms with van der Waals surface area (Å²) in [4.78, 5) is 24.0. The Hall–Kier alpha value is -2.47. The molecule has 0 aliphatic rings. The second kappa shape index (κ2) is 9.13. The normalized spacial score (nSPS) is 13.0. The van der Waals surface area contributed by atoms with Crippen LogP contribution in [0.5, 0.6) is 5.75 Å². The van der Waals surface area contributed by atoms with E-state index in [1.165, 1.54) is 12.1 Å². The van der Waals surface area contributed by atoms with Crippen LogP contribution in [0, 0.1) is 5.92 Å². The Morgan fingerprint density at radius 3 is 2.12 bits per heavy atom. The van der Waals surface area contributed by atoms with Gasteiger partial charge in [-0.3, -0.25) is 4.79 Å². The second-order valence-corrected chi connectivity index (χ2v) is 6.20. The topological polar surface area (TPSA) is 86.6 Å². The maximum atomic E-state index is 12.5. The Balaban J connectivity index is 2.02. The molecular weight excluding hydrogens is 338 g/mol. The number of thiol groups is 1. The van der Waals surface area contributed by atoms with Crippen molar-refractivity contribution in [2.45, 2.75) is 18.9 Å². The van der Waals surface area contributed by atoms with Gasteiger partial charge in [0, 0.05) is 12.2 Å². The zero-order chi connectivity index (χ0) is 18.2. The highest BCUT2D eigenvalue weighted by Gasteiger charge is 2.25. The maximum absolute atomic E-state index is 12.5. The van der Waals surface area contributed by atoms with Gasteiger partial charge in [-0.25, -0.2) is 4.79 Å². The van der Waals surface area contributed by atoms with E-state index >= 15 is 0 Å². The van der Waals surface area contributed by atoms with Crippen LogP contribution in [0.1, 0.15) is 11.1 Å². The number of carbonyl (C=O) groups excluding carboxylic acids is 1. The number of hydrogen-bond acceptors (Lipinski definition) is 4. The number of carbonyl (C=O) groups is 2. The predicted molar refractivity (Wildman–Crippen MR) is 98.9 cm³/mol. The summed E-state index contributed by atoms with van der Waals surface area (Å²) in [5.74, 6) is -1.40. The highest BCUT2D eigenvalue weighted by molar-refractivity contribution is 7.80. The van der Waals surface area contributed by atoms with Crippen LogP contribution in [0.2, 0.25) is 0 Å². The molecule has 2 aromatic carbocycles. The number of benzene rings is 2. The molecule has 0 aromatic heterocycles. The maximum Gasteiger partial charge on any atom is 0.326 e. The van der Waals surface area contributed by atoms with Crippen molar-refractivity contribution in [3.05, 3.63) is 65.7 Å². The molecule has 0 heterocycles. The molecule has 0 unspecified atom stereocenters. The summed E-state index contributed by atoms with van der Waals surface area (Å²) >= 11 is 4.23. The molecule has 132 valence electrons. The number of hydrogen-bond donors (Lipinski definition) is 4. The summed E-state index contributed by atoms with van der Waals surface area (Å²) in [7, 11) is 0. The lowest BCUT2D eigenvalue weighted by Crippen LogP contribution is -2.45. The fraction of sp³-hybridized carbons (Fsp3) is 0.263. The number of amides is 1. The highest BCUT2D eigenvalue weighted by Crippen LogP contribution is 2.14. The molecule has 0 fully saturated rings. The third-order valence-corrected chi connectivity index (χ3v) is 4.35. The van der Waals surface area contributed by atoms with Crippen molar-refractivity contribution in [2.75, 3.05) is 5.75 Å². The van der Waals surface area contributed by atoms with Gasteiger partial charge < -0.3 is 15.5 Å². The van der Waals surface area contributed by atoms with Crippen molar-refractivity contribution in [3.63, 3.8) is 0 Å². The van der Waals surface area contributed by atoms with Crippen LogP contribution in [0.4, 0.5) is 0 Å². The third kappa shape index (κ3) is 5.83. The van der Waals surface area contributed by atoms with E-state index in [1.54, 1.807) is 12.1 Å². The van der Waals surface area contributed by atoms with Crippen molar-refractivity contribution in [3.8, 4) is 5.75 Å². The first-order valence-corrected chi connectivity index (χ1v) is 8.58. The Labute approximate surface area is 152 Å². The second-order valence-electron chi connectivity index (χ2n) is 5.84. The van der Waals surface area contributed by atoms with E-state index in [1.807, 2.05) is 30.3 Å². The van der Waals surface area contributed by atoms with E-state index < -0.39 is 17.9 Å². The number of nitrogens with one attached hydrogen (secondary N) is 1. The summed E-state index contributed by atoms with van der Waals surface area (Å²) in [6, 6.07) is 14.8. The Morgan fingerprint density at radius 1 is 0.960 bits per heavy atom. The van der Waals surface area contributed by atoms with E-state index in [2.05, 4.69) is 17.9 Å². The zero-order valence-corrected chi connectivity index (χ0v) is 14.5. The number of rotatable bonds is 8. The van der Waals surface area contributed by atoms with Gasteiger partial charge in [0.2, 0.25) is 5.91 Å². The number of phenols is 1. The standard InChI is InChI=1S/C19H21NO4S/c21-16-8-6-14(7-9-16)11-17(19(23)24)20-18(22)15(12-25)10-13-4-2-1-3-5-13/h1-9,15,17,21,25H,10-12H2,(H,20,22)(H,23,24)/t15-,17+/m1/s1. The lowest BCUT2D eigenvalue weighted by atomic mass is 9.99. The van der Waals surface area contributed by atoms with Gasteiger partial charge >= 0.3 is 5.97 Å². The Bertz CT molecular complexity index is 703. The molecule has 0 radical (unpaired) electrons. The van der Waals surface area contributed by atoms with Gasteiger partial charge in [0.15, 0.2) is 0 Å². The van der Waals surface area contributed by atoms with Crippen LogP contribution in [-0.2, 0) is 22.4 Å². The van der Waals surface area contributed by atoms with Crippen molar-refractivity contribution in [2.24, 2.45) is 5.92 Å². The minimum atomic E-state index is -1.10. The average Bonchev–Trinajstić information content (AvgIpc) is 2.61. The molecule has 0 saturated heterocycles. The lowest BCUT2D eigenvalue weighted by Gasteiger charge is -2.19. The molecule has 1 amide bonds. The minimum absolute atomic E-state index is 0.109. The van der Waals surface area contributed by atoms with Crippen LogP contribution in [0.25, 0.3) is 0 Å². The number of aliphatic carboxylic acids is 1. The lowest BCUT2D eigenvalue weighted by molar-refractivity contribution is -0.142. The summed E-state index contributed by atoms with van der Waals surface area (Å²) in [6.45, 7) is 0. The Kier molecular flexibility index (Phi) is 6.89. The van der Waals surface area contributed by atoms with Gasteiger partial charge in [0.05, 0.1) is 5.92 Å². The smallest absolute Gasteiger partial charge is 0.326 e. The molecule has 0 aliphatic heterocycles. The minimum Gasteiger partial charge on any atom is -0.508 e. The average molecular weight is 359 g/mol. The monoisotopic (exact) mass is 359 g/mol. The first-order chi connectivity index (χ1) is 12.0. The molecule has 5 nitrogen and oxygen atoms in total. The predicted octanol–water partition coefficient (Wildman–Crippen LogP) is 2.29. The molecule has 2 atom stereocenters. The molecule has 0 saturated carbocycles. The first kappa shape index (κ1) is 18.9. The molecule has 2 rings (SSSR count). The summed E-state index contributed by atoms with van der Waals surface area (Å²) in [5, 5.41) is 21.3. The molecule has 0 spiro atoms. The molecule has 0 aliphatic carbocycles. The van der Waals surface area contributed by atoms with E-state index in [-0.39, 0.29) is 18.1 Å². The molecule has 25 heavy (non-hydrogen) atoms. The Morgan fingerprint density at radius 2 is 1.56 bits per heavy atom. The summed E-state index contributed by atoms with van der Waals surface area (Å²) in [6.07, 6.45) is 0.647. The number of phenolic OH excluding ortho intramolecular Hbond substituents is 1. The molecule has 6 heteroatoms. The SMILES string of the molecule is O=C(N[C@@H](Cc1ccc(O)cc1)C(=O)O)[C@@H](CS)Cc1ccccc1. The number of carboxylic acids is 1. The zero-order valence-electron chi connectivity index (χ0n) is 13.6. The van der Waals surface area contributed by atoms with Crippen LogP contribution in [0.3, 0.4) is 0 Å². The van der Waals surface area contributed by atoms with Gasteiger partial charge in [-0.1, -0.05) is 42.5 Å². The van der Waals surface area contributed by atoms with E-state index in [4.69, 9.17) is 0 Å². The number of aromatic hydroxyl groups is 1. The van der Waals surface area contributed by atoms with E-state index in [9.17, 15) is 19.8 Å². The fourth-order valence-corrected chi connectivity index (χ4v) is 2.79. The van der Waals surface area contributed by atoms with Gasteiger partial charge in [-0.15, -0.1) is 0 Å². The molecule has 0 bridgehead atoms. The van der Waals surface area contributed by atoms with Crippen LogP contribution in [-0.4, -0.2) is 33.9 Å². The molecule has 3 N–H and O–H groups in total. The third-order valence-electron chi connectivity index (χ3n) is 3.91. The fourth-order valence-electron chi connectivity index (χ4n) is 2.50. The van der Waals surface area contributed by atoms with Gasteiger partial charge in [0.25, 0.3) is 0 Å². The van der Waals surface area contributed by atoms with Crippen molar-refractivity contribution in [1.29, 1.82) is 0 Å². The van der Waals surface area contributed by atoms with Crippen LogP contribution in [0.15, 0.2) is 54.6 Å². The van der Waals surface area contributed by atoms with E-state index in [0.717, 1.165) is 11.1 Å².